The van der Waals surface area contributed by atoms with Crippen LogP contribution in [0.4, 0.5) is 0 Å². The van der Waals surface area contributed by atoms with Crippen molar-refractivity contribution in [1.29, 1.82) is 0 Å². The molecule has 2 atom stereocenters. The smallest absolute Gasteiger partial charge is 0.0203 e. The molecule has 0 saturated heterocycles. The molecular weight excluding hydrogens is 228 g/mol. The first-order chi connectivity index (χ1) is 8.77. The van der Waals surface area contributed by atoms with Gasteiger partial charge in [0.25, 0.3) is 0 Å². The van der Waals surface area contributed by atoms with Crippen molar-refractivity contribution in [1.82, 2.24) is 0 Å². The van der Waals surface area contributed by atoms with Crippen LogP contribution in [0.3, 0.4) is 0 Å². The van der Waals surface area contributed by atoms with E-state index in [0.29, 0.717) is 0 Å². The maximum atomic E-state index is 2.60. The Morgan fingerprint density at radius 2 is 1.89 bits per heavy atom. The van der Waals surface area contributed by atoms with Crippen molar-refractivity contribution in [3.63, 3.8) is 0 Å². The van der Waals surface area contributed by atoms with Crippen LogP contribution in [-0.4, -0.2) is 0 Å². The normalized spacial score (nSPS) is 22.5. The van der Waals surface area contributed by atoms with E-state index in [1.807, 2.05) is 5.57 Å². The standard InChI is InChI=1S/C18H34.CH4/c1-4-6-7-8-9-11-17-12-10-13-18(17)15-14-16(3)5-2;/h15-17H,4-14H2,1-3H3;1H4/b18-15+;. The monoisotopic (exact) mass is 266 g/mol. The third-order valence-corrected chi connectivity index (χ3v) is 4.68. The third kappa shape index (κ3) is 7.80. The molecule has 0 aromatic heterocycles. The fraction of sp³-hybridized carbons (Fsp3) is 0.895. The zero-order valence-corrected chi connectivity index (χ0v) is 13.0. The van der Waals surface area contributed by atoms with Crippen LogP contribution >= 0.6 is 0 Å². The molecule has 0 N–H and O–H groups in total. The maximum Gasteiger partial charge on any atom is -0.0203 e. The minimum absolute atomic E-state index is 0. The van der Waals surface area contributed by atoms with E-state index in [4.69, 9.17) is 0 Å². The summed E-state index contributed by atoms with van der Waals surface area (Å²) in [6, 6.07) is 0. The van der Waals surface area contributed by atoms with E-state index in [0.717, 1.165) is 11.8 Å². The first-order valence-electron chi connectivity index (χ1n) is 8.46. The molecule has 1 aliphatic carbocycles. The Morgan fingerprint density at radius 1 is 1.16 bits per heavy atom. The first-order valence-corrected chi connectivity index (χ1v) is 8.46. The summed E-state index contributed by atoms with van der Waals surface area (Å²) in [5, 5.41) is 0. The summed E-state index contributed by atoms with van der Waals surface area (Å²) in [6.45, 7) is 6.99. The zero-order chi connectivity index (χ0) is 13.2. The topological polar surface area (TPSA) is 0 Å². The molecule has 1 aliphatic rings. The Balaban J connectivity index is 0.00000324. The van der Waals surface area contributed by atoms with Gasteiger partial charge >= 0.3 is 0 Å². The van der Waals surface area contributed by atoms with Crippen LogP contribution in [0, 0.1) is 11.8 Å². The van der Waals surface area contributed by atoms with Gasteiger partial charge in [0.05, 0.1) is 0 Å². The van der Waals surface area contributed by atoms with Crippen LogP contribution in [-0.2, 0) is 0 Å². The number of unbranched alkanes of at least 4 members (excludes halogenated alkanes) is 4. The van der Waals surface area contributed by atoms with Gasteiger partial charge in [-0.25, -0.2) is 0 Å². The van der Waals surface area contributed by atoms with E-state index < -0.39 is 0 Å². The Morgan fingerprint density at radius 3 is 2.58 bits per heavy atom. The van der Waals surface area contributed by atoms with Crippen molar-refractivity contribution < 1.29 is 0 Å². The minimum atomic E-state index is 0. The Bertz CT molecular complexity index is 226. The second-order valence-electron chi connectivity index (χ2n) is 6.32. The molecule has 0 radical (unpaired) electrons. The van der Waals surface area contributed by atoms with Gasteiger partial charge in [0.1, 0.15) is 0 Å². The lowest BCUT2D eigenvalue weighted by molar-refractivity contribution is 0.508. The lowest BCUT2D eigenvalue weighted by Crippen LogP contribution is -1.98. The molecule has 1 rings (SSSR count). The number of hydrogen-bond acceptors (Lipinski definition) is 0. The predicted molar refractivity (Wildman–Crippen MR) is 89.6 cm³/mol. The fourth-order valence-corrected chi connectivity index (χ4v) is 3.05. The summed E-state index contributed by atoms with van der Waals surface area (Å²) < 4.78 is 0. The highest BCUT2D eigenvalue weighted by molar-refractivity contribution is 5.11. The minimum Gasteiger partial charge on any atom is -0.0848 e. The molecule has 1 fully saturated rings. The number of hydrogen-bond donors (Lipinski definition) is 0. The van der Waals surface area contributed by atoms with Crippen LogP contribution in [0.1, 0.15) is 98.8 Å². The Kier molecular flexibility index (Phi) is 11.4. The zero-order valence-electron chi connectivity index (χ0n) is 13.0. The highest BCUT2D eigenvalue weighted by atomic mass is 14.3. The van der Waals surface area contributed by atoms with Gasteiger partial charge in [-0.2, -0.15) is 0 Å². The lowest BCUT2D eigenvalue weighted by Gasteiger charge is -2.13. The van der Waals surface area contributed by atoms with Crippen molar-refractivity contribution in [3.8, 4) is 0 Å². The number of allylic oxidation sites excluding steroid dienone is 2. The average Bonchev–Trinajstić information content (AvgIpc) is 2.83. The van der Waals surface area contributed by atoms with E-state index in [2.05, 4.69) is 26.8 Å². The summed E-state index contributed by atoms with van der Waals surface area (Å²) in [5.74, 6) is 1.83. The predicted octanol–water partition coefficient (Wildman–Crippen LogP) is 7.15. The van der Waals surface area contributed by atoms with Crippen molar-refractivity contribution in [2.45, 2.75) is 98.8 Å². The van der Waals surface area contributed by atoms with Gasteiger partial charge in [-0.1, -0.05) is 78.4 Å². The van der Waals surface area contributed by atoms with Crippen molar-refractivity contribution in [3.05, 3.63) is 11.6 Å². The van der Waals surface area contributed by atoms with Crippen molar-refractivity contribution >= 4 is 0 Å². The summed E-state index contributed by atoms with van der Waals surface area (Å²) >= 11 is 0. The summed E-state index contributed by atoms with van der Waals surface area (Å²) in [6.07, 6.45) is 18.2. The van der Waals surface area contributed by atoms with Crippen LogP contribution < -0.4 is 0 Å². The first kappa shape index (κ1) is 18.7. The molecule has 0 bridgehead atoms. The van der Waals surface area contributed by atoms with E-state index in [1.165, 1.54) is 70.6 Å². The Hall–Kier alpha value is -0.260. The van der Waals surface area contributed by atoms with Crippen LogP contribution in [0.25, 0.3) is 0 Å². The summed E-state index contributed by atoms with van der Waals surface area (Å²) in [5.41, 5.74) is 1.81. The quantitative estimate of drug-likeness (QED) is 0.307. The molecule has 0 spiro atoms. The second kappa shape index (κ2) is 11.6. The molecule has 0 aliphatic heterocycles. The summed E-state index contributed by atoms with van der Waals surface area (Å²) in [7, 11) is 0. The Labute approximate surface area is 123 Å². The molecule has 2 unspecified atom stereocenters. The molecule has 19 heavy (non-hydrogen) atoms. The number of rotatable bonds is 9. The molecular formula is C19H38. The van der Waals surface area contributed by atoms with Gasteiger partial charge in [-0.3, -0.25) is 0 Å². The molecule has 0 nitrogen and oxygen atoms in total. The maximum absolute atomic E-state index is 2.60. The van der Waals surface area contributed by atoms with Gasteiger partial charge in [-0.05, 0) is 43.9 Å². The van der Waals surface area contributed by atoms with Crippen molar-refractivity contribution in [2.24, 2.45) is 11.8 Å². The highest BCUT2D eigenvalue weighted by Gasteiger charge is 2.19. The molecule has 0 aromatic carbocycles. The molecule has 0 amide bonds. The van der Waals surface area contributed by atoms with Gasteiger partial charge in [0, 0.05) is 0 Å². The third-order valence-electron chi connectivity index (χ3n) is 4.68. The van der Waals surface area contributed by atoms with Gasteiger partial charge < -0.3 is 0 Å². The van der Waals surface area contributed by atoms with E-state index in [9.17, 15) is 0 Å². The lowest BCUT2D eigenvalue weighted by atomic mass is 9.93. The largest absolute Gasteiger partial charge is 0.0848 e. The SMILES string of the molecule is C.CCCCCCCC1CCC/C1=C\CC(C)CC. The van der Waals surface area contributed by atoms with E-state index >= 15 is 0 Å². The molecule has 0 heteroatoms. The highest BCUT2D eigenvalue weighted by Crippen LogP contribution is 2.35. The van der Waals surface area contributed by atoms with Crippen LogP contribution in [0.5, 0.6) is 0 Å². The van der Waals surface area contributed by atoms with E-state index in [-0.39, 0.29) is 7.43 Å². The average molecular weight is 267 g/mol. The van der Waals surface area contributed by atoms with Crippen LogP contribution in [0.2, 0.25) is 0 Å². The van der Waals surface area contributed by atoms with E-state index in [1.54, 1.807) is 0 Å². The van der Waals surface area contributed by atoms with Crippen LogP contribution in [0.15, 0.2) is 11.6 Å². The fourth-order valence-electron chi connectivity index (χ4n) is 3.05. The van der Waals surface area contributed by atoms with Gasteiger partial charge in [-0.15, -0.1) is 0 Å². The molecule has 114 valence electrons. The molecule has 0 heterocycles. The molecule has 0 aromatic rings. The van der Waals surface area contributed by atoms with Gasteiger partial charge in [0.15, 0.2) is 0 Å². The molecule has 1 saturated carbocycles. The van der Waals surface area contributed by atoms with Gasteiger partial charge in [0.2, 0.25) is 0 Å². The second-order valence-corrected chi connectivity index (χ2v) is 6.32. The van der Waals surface area contributed by atoms with Crippen molar-refractivity contribution in [2.75, 3.05) is 0 Å². The summed E-state index contributed by atoms with van der Waals surface area (Å²) in [4.78, 5) is 0.